The van der Waals surface area contributed by atoms with Crippen LogP contribution in [-0.4, -0.2) is 23.0 Å². The Morgan fingerprint density at radius 3 is 1.93 bits per heavy atom. The minimum atomic E-state index is -1.71. The second-order valence-corrected chi connectivity index (χ2v) is 11.7. The Kier molecular flexibility index (Phi) is 10.8. The first-order valence-electron chi connectivity index (χ1n) is 13.8. The van der Waals surface area contributed by atoms with Crippen LogP contribution in [0.25, 0.3) is 6.08 Å². The molecule has 6 nitrogen and oxygen atoms in total. The summed E-state index contributed by atoms with van der Waals surface area (Å²) in [4.78, 5) is 39.3. The summed E-state index contributed by atoms with van der Waals surface area (Å²) in [6.45, 7) is 5.59. The molecule has 3 amide bonds. The lowest BCUT2D eigenvalue weighted by molar-refractivity contribution is -0.115. The average Bonchev–Trinajstić information content (AvgIpc) is 3.03. The predicted molar refractivity (Wildman–Crippen MR) is 168 cm³/mol. The Labute approximate surface area is 261 Å². The number of thioether (sulfide) groups is 1. The van der Waals surface area contributed by atoms with E-state index in [1.807, 2.05) is 29.6 Å². The van der Waals surface area contributed by atoms with Crippen LogP contribution in [-0.2, 0) is 9.59 Å². The Balaban J connectivity index is 1.46. The van der Waals surface area contributed by atoms with Crippen molar-refractivity contribution in [3.63, 3.8) is 0 Å². The molecule has 0 spiro atoms. The molecule has 0 saturated carbocycles. The zero-order chi connectivity index (χ0) is 32.7. The van der Waals surface area contributed by atoms with E-state index in [1.165, 1.54) is 6.92 Å². The van der Waals surface area contributed by atoms with Crippen molar-refractivity contribution in [2.24, 2.45) is 0 Å². The van der Waals surface area contributed by atoms with Gasteiger partial charge in [-0.1, -0.05) is 56.3 Å². The van der Waals surface area contributed by atoms with Gasteiger partial charge < -0.3 is 16.0 Å². The molecule has 0 aliphatic rings. The number of halogens is 4. The van der Waals surface area contributed by atoms with Gasteiger partial charge in [-0.15, -0.1) is 11.8 Å². The van der Waals surface area contributed by atoms with E-state index in [0.717, 1.165) is 17.3 Å². The Morgan fingerprint density at radius 2 is 1.36 bits per heavy atom. The second kappa shape index (κ2) is 14.7. The highest BCUT2D eigenvalue weighted by atomic mass is 32.2. The van der Waals surface area contributed by atoms with Crippen molar-refractivity contribution in [3.05, 3.63) is 131 Å². The second-order valence-electron chi connectivity index (χ2n) is 10.3. The van der Waals surface area contributed by atoms with Crippen LogP contribution in [0.3, 0.4) is 0 Å². The van der Waals surface area contributed by atoms with Crippen LogP contribution in [0.15, 0.2) is 95.5 Å². The largest absolute Gasteiger partial charge is 0.321 e. The number of anilines is 2. The first-order chi connectivity index (χ1) is 21.4. The predicted octanol–water partition coefficient (Wildman–Crippen LogP) is 7.90. The molecule has 4 rings (SSSR count). The number of carbonyl (C=O) groups is 3. The lowest BCUT2D eigenvalue weighted by atomic mass is 10.0. The van der Waals surface area contributed by atoms with E-state index in [2.05, 4.69) is 24.5 Å². The molecule has 0 aromatic heterocycles. The van der Waals surface area contributed by atoms with Crippen molar-refractivity contribution in [1.82, 2.24) is 5.32 Å². The van der Waals surface area contributed by atoms with Gasteiger partial charge in [-0.25, -0.2) is 17.6 Å². The fourth-order valence-electron chi connectivity index (χ4n) is 4.07. The standard InChI is InChI=1S/C34H29F4N3O3S/c1-19(2)22-11-9-21(10-12-22)17-28(40-33(43)23-7-5-4-6-8-23)34(44)39-24-13-15-25(16-14-24)45-20(3)32(42)41-31-29(37)26(35)18-27(36)30(31)38/h4-20H,1-3H3,(H,39,44)(H,40,43)(H,41,42)/b28-17-. The minimum absolute atomic E-state index is 0.0122. The molecule has 45 heavy (non-hydrogen) atoms. The zero-order valence-corrected chi connectivity index (χ0v) is 25.3. The fourth-order valence-corrected chi connectivity index (χ4v) is 4.93. The van der Waals surface area contributed by atoms with Crippen LogP contribution >= 0.6 is 11.8 Å². The summed E-state index contributed by atoms with van der Waals surface area (Å²) in [5, 5.41) is 6.41. The van der Waals surface area contributed by atoms with E-state index >= 15 is 0 Å². The van der Waals surface area contributed by atoms with E-state index < -0.39 is 51.9 Å². The smallest absolute Gasteiger partial charge is 0.272 e. The van der Waals surface area contributed by atoms with Gasteiger partial charge in [0.1, 0.15) is 11.4 Å². The lowest BCUT2D eigenvalue weighted by Crippen LogP contribution is -2.30. The van der Waals surface area contributed by atoms with Crippen LogP contribution in [0.1, 0.15) is 48.2 Å². The Hall–Kier alpha value is -4.90. The molecule has 11 heteroatoms. The highest BCUT2D eigenvalue weighted by Crippen LogP contribution is 2.28. The van der Waals surface area contributed by atoms with Crippen molar-refractivity contribution < 1.29 is 31.9 Å². The summed E-state index contributed by atoms with van der Waals surface area (Å²) in [6, 6.07) is 22.5. The van der Waals surface area contributed by atoms with Crippen LogP contribution in [0.5, 0.6) is 0 Å². The highest BCUT2D eigenvalue weighted by molar-refractivity contribution is 8.00. The van der Waals surface area contributed by atoms with Gasteiger partial charge in [-0.05, 0) is 66.4 Å². The maximum atomic E-state index is 14.0. The highest BCUT2D eigenvalue weighted by Gasteiger charge is 2.24. The molecule has 1 unspecified atom stereocenters. The van der Waals surface area contributed by atoms with Gasteiger partial charge in [-0.2, -0.15) is 0 Å². The lowest BCUT2D eigenvalue weighted by Gasteiger charge is -2.14. The summed E-state index contributed by atoms with van der Waals surface area (Å²) in [5.74, 6) is -8.28. The minimum Gasteiger partial charge on any atom is -0.321 e. The van der Waals surface area contributed by atoms with E-state index in [-0.39, 0.29) is 11.8 Å². The zero-order valence-electron chi connectivity index (χ0n) is 24.5. The van der Waals surface area contributed by atoms with E-state index in [4.69, 9.17) is 0 Å². The van der Waals surface area contributed by atoms with Crippen molar-refractivity contribution in [3.8, 4) is 0 Å². The molecule has 0 saturated heterocycles. The third-order valence-corrected chi connectivity index (χ3v) is 7.71. The van der Waals surface area contributed by atoms with Crippen LogP contribution in [0.2, 0.25) is 0 Å². The van der Waals surface area contributed by atoms with Crippen LogP contribution in [0, 0.1) is 23.3 Å². The van der Waals surface area contributed by atoms with Gasteiger partial charge in [0.05, 0.1) is 5.25 Å². The summed E-state index contributed by atoms with van der Waals surface area (Å²) in [5.41, 5.74) is 1.39. The van der Waals surface area contributed by atoms with Crippen molar-refractivity contribution in [1.29, 1.82) is 0 Å². The van der Waals surface area contributed by atoms with Gasteiger partial charge >= 0.3 is 0 Å². The summed E-state index contributed by atoms with van der Waals surface area (Å²) < 4.78 is 54.9. The van der Waals surface area contributed by atoms with Crippen molar-refractivity contribution >= 4 is 46.9 Å². The van der Waals surface area contributed by atoms with Gasteiger partial charge in [-0.3, -0.25) is 14.4 Å². The maximum Gasteiger partial charge on any atom is 0.272 e. The van der Waals surface area contributed by atoms with Gasteiger partial charge in [0.2, 0.25) is 5.91 Å². The molecule has 4 aromatic carbocycles. The van der Waals surface area contributed by atoms with E-state index in [0.29, 0.717) is 27.6 Å². The molecule has 0 radical (unpaired) electrons. The molecule has 0 heterocycles. The number of rotatable bonds is 10. The molecule has 232 valence electrons. The summed E-state index contributed by atoms with van der Waals surface area (Å²) >= 11 is 1.01. The molecule has 0 aliphatic carbocycles. The number of benzene rings is 4. The summed E-state index contributed by atoms with van der Waals surface area (Å²) in [7, 11) is 0. The number of hydrogen-bond donors (Lipinski definition) is 3. The monoisotopic (exact) mass is 635 g/mol. The van der Waals surface area contributed by atoms with E-state index in [1.54, 1.807) is 60.7 Å². The molecular weight excluding hydrogens is 606 g/mol. The van der Waals surface area contributed by atoms with Crippen LogP contribution < -0.4 is 16.0 Å². The number of hydrogen-bond acceptors (Lipinski definition) is 4. The first-order valence-corrected chi connectivity index (χ1v) is 14.7. The first kappa shape index (κ1) is 33.0. The van der Waals surface area contributed by atoms with Gasteiger partial charge in [0.15, 0.2) is 23.3 Å². The molecule has 3 N–H and O–H groups in total. The number of amides is 3. The molecule has 0 fully saturated rings. The van der Waals surface area contributed by atoms with Crippen LogP contribution in [0.4, 0.5) is 28.9 Å². The maximum absolute atomic E-state index is 14.0. The molecule has 0 bridgehead atoms. The van der Waals surface area contributed by atoms with Gasteiger partial charge in [0, 0.05) is 22.2 Å². The van der Waals surface area contributed by atoms with Gasteiger partial charge in [0.25, 0.3) is 11.8 Å². The molecular formula is C34H29F4N3O3S. The fraction of sp³-hybridized carbons (Fsp3) is 0.147. The Morgan fingerprint density at radius 1 is 0.756 bits per heavy atom. The molecule has 0 aliphatic heterocycles. The number of nitrogens with one attached hydrogen (secondary N) is 3. The quantitative estimate of drug-likeness (QED) is 0.0716. The topological polar surface area (TPSA) is 87.3 Å². The van der Waals surface area contributed by atoms with E-state index in [9.17, 15) is 31.9 Å². The third-order valence-electron chi connectivity index (χ3n) is 6.60. The van der Waals surface area contributed by atoms with Crippen molar-refractivity contribution in [2.75, 3.05) is 10.6 Å². The SMILES string of the molecule is CC(Sc1ccc(NC(=O)/C(=C/c2ccc(C(C)C)cc2)NC(=O)c2ccccc2)cc1)C(=O)Nc1c(F)c(F)cc(F)c1F. The Bertz CT molecular complexity index is 1700. The van der Waals surface area contributed by atoms with Crippen molar-refractivity contribution in [2.45, 2.75) is 36.8 Å². The normalized spacial score (nSPS) is 12.0. The average molecular weight is 636 g/mol. The molecule has 1 atom stereocenters. The number of carbonyl (C=O) groups excluding carboxylic acids is 3. The summed E-state index contributed by atoms with van der Waals surface area (Å²) in [6.07, 6.45) is 1.57. The third kappa shape index (κ3) is 8.60. The molecule has 4 aromatic rings.